The number of benzene rings is 2. The maximum atomic E-state index is 12.8. The Morgan fingerprint density at radius 1 is 1.06 bits per heavy atom. The van der Waals surface area contributed by atoms with E-state index >= 15 is 0 Å². The highest BCUT2D eigenvalue weighted by atomic mass is 35.5. The van der Waals surface area contributed by atoms with E-state index in [0.29, 0.717) is 36.1 Å². The Morgan fingerprint density at radius 3 is 2.58 bits per heavy atom. The first kappa shape index (κ1) is 21.2. The Labute approximate surface area is 186 Å². The molecule has 2 aromatic carbocycles. The summed E-state index contributed by atoms with van der Waals surface area (Å²) < 4.78 is 10.6. The van der Waals surface area contributed by atoms with Crippen molar-refractivity contribution >= 4 is 23.2 Å². The molecule has 0 bridgehead atoms. The van der Waals surface area contributed by atoms with Crippen molar-refractivity contribution in [3.05, 3.63) is 59.4 Å². The molecule has 3 aromatic rings. The number of hydrogen-bond donors (Lipinski definition) is 0. The highest BCUT2D eigenvalue weighted by molar-refractivity contribution is 6.30. The molecule has 1 aromatic heterocycles. The molecule has 1 amide bonds. The van der Waals surface area contributed by atoms with Gasteiger partial charge in [0.15, 0.2) is 0 Å². The minimum atomic E-state index is 0.114. The van der Waals surface area contributed by atoms with Gasteiger partial charge >= 0.3 is 0 Å². The van der Waals surface area contributed by atoms with Gasteiger partial charge in [-0.1, -0.05) is 16.8 Å². The first-order chi connectivity index (χ1) is 15.1. The fraction of sp³-hybridized carbons (Fsp3) is 0.348. The van der Waals surface area contributed by atoms with Crippen molar-refractivity contribution in [2.75, 3.05) is 38.2 Å². The summed E-state index contributed by atoms with van der Waals surface area (Å²) >= 11 is 5.92. The average Bonchev–Trinajstić information content (AvgIpc) is 3.14. The molecule has 1 aliphatic rings. The molecule has 0 unspecified atom stereocenters. The Kier molecular flexibility index (Phi) is 6.72. The second kappa shape index (κ2) is 9.83. The standard InChI is InChI=1S/C23H25ClN4O3/c1-30-20-9-7-19(8-10-20)27-13-2-14-28(16-15-27)22(29)12-11-21-25-23(26-31-21)17-3-5-18(24)6-4-17/h3-10H,2,11-16H2,1H3. The van der Waals surface area contributed by atoms with Crippen LogP contribution in [-0.2, 0) is 11.2 Å². The lowest BCUT2D eigenvalue weighted by atomic mass is 10.2. The first-order valence-electron chi connectivity index (χ1n) is 10.4. The van der Waals surface area contributed by atoms with E-state index in [1.807, 2.05) is 29.2 Å². The number of carbonyl (C=O) groups is 1. The lowest BCUT2D eigenvalue weighted by Crippen LogP contribution is -2.35. The molecule has 1 fully saturated rings. The van der Waals surface area contributed by atoms with Crippen LogP contribution in [0.5, 0.6) is 5.75 Å². The summed E-state index contributed by atoms with van der Waals surface area (Å²) in [7, 11) is 1.66. The van der Waals surface area contributed by atoms with Gasteiger partial charge in [0.25, 0.3) is 0 Å². The number of aromatic nitrogens is 2. The number of hydrogen-bond acceptors (Lipinski definition) is 6. The summed E-state index contributed by atoms with van der Waals surface area (Å²) in [5.41, 5.74) is 1.98. The van der Waals surface area contributed by atoms with Crippen LogP contribution in [0.15, 0.2) is 53.1 Å². The molecule has 0 saturated carbocycles. The summed E-state index contributed by atoms with van der Waals surface area (Å²) in [4.78, 5) is 21.4. The van der Waals surface area contributed by atoms with Gasteiger partial charge in [0, 0.05) is 55.3 Å². The van der Waals surface area contributed by atoms with Crippen LogP contribution in [0.4, 0.5) is 5.69 Å². The monoisotopic (exact) mass is 440 g/mol. The van der Waals surface area contributed by atoms with Crippen LogP contribution < -0.4 is 9.64 Å². The molecular formula is C23H25ClN4O3. The minimum absolute atomic E-state index is 0.114. The molecule has 162 valence electrons. The predicted molar refractivity (Wildman–Crippen MR) is 119 cm³/mol. The Bertz CT molecular complexity index is 1000. The molecule has 0 atom stereocenters. The largest absolute Gasteiger partial charge is 0.497 e. The number of carbonyl (C=O) groups excluding carboxylic acids is 1. The number of halogens is 1. The molecule has 7 nitrogen and oxygen atoms in total. The van der Waals surface area contributed by atoms with Crippen LogP contribution in [0.1, 0.15) is 18.7 Å². The Hall–Kier alpha value is -3.06. The van der Waals surface area contributed by atoms with Gasteiger partial charge in [-0.25, -0.2) is 0 Å². The fourth-order valence-corrected chi connectivity index (χ4v) is 3.79. The Morgan fingerprint density at radius 2 is 1.84 bits per heavy atom. The summed E-state index contributed by atoms with van der Waals surface area (Å²) in [6, 6.07) is 15.3. The second-order valence-corrected chi connectivity index (χ2v) is 7.87. The number of methoxy groups -OCH3 is 1. The second-order valence-electron chi connectivity index (χ2n) is 7.44. The van der Waals surface area contributed by atoms with Crippen molar-refractivity contribution in [2.45, 2.75) is 19.3 Å². The number of anilines is 1. The molecule has 2 heterocycles. The zero-order valence-corrected chi connectivity index (χ0v) is 18.2. The van der Waals surface area contributed by atoms with E-state index in [1.54, 1.807) is 19.2 Å². The van der Waals surface area contributed by atoms with Crippen molar-refractivity contribution in [3.63, 3.8) is 0 Å². The predicted octanol–water partition coefficient (Wildman–Crippen LogP) is 4.07. The van der Waals surface area contributed by atoms with Crippen molar-refractivity contribution in [2.24, 2.45) is 0 Å². The van der Waals surface area contributed by atoms with Gasteiger partial charge < -0.3 is 19.1 Å². The van der Waals surface area contributed by atoms with E-state index in [9.17, 15) is 4.79 Å². The third-order valence-corrected chi connectivity index (χ3v) is 5.66. The zero-order valence-electron chi connectivity index (χ0n) is 17.5. The van der Waals surface area contributed by atoms with Crippen molar-refractivity contribution in [3.8, 4) is 17.1 Å². The molecule has 4 rings (SSSR count). The quantitative estimate of drug-likeness (QED) is 0.575. The summed E-state index contributed by atoms with van der Waals surface area (Å²) in [6.45, 7) is 3.18. The molecule has 8 heteroatoms. The SMILES string of the molecule is COc1ccc(N2CCCN(C(=O)CCc3nc(-c4ccc(Cl)cc4)no3)CC2)cc1. The van der Waals surface area contributed by atoms with E-state index in [-0.39, 0.29) is 5.91 Å². The number of aryl methyl sites for hydroxylation is 1. The summed E-state index contributed by atoms with van der Waals surface area (Å²) in [5, 5.41) is 4.66. The van der Waals surface area contributed by atoms with Crippen molar-refractivity contribution < 1.29 is 14.1 Å². The zero-order chi connectivity index (χ0) is 21.6. The maximum Gasteiger partial charge on any atom is 0.227 e. The molecular weight excluding hydrogens is 416 g/mol. The van der Waals surface area contributed by atoms with E-state index < -0.39 is 0 Å². The Balaban J connectivity index is 1.29. The smallest absolute Gasteiger partial charge is 0.227 e. The average molecular weight is 441 g/mol. The van der Waals surface area contributed by atoms with Crippen LogP contribution in [0.25, 0.3) is 11.4 Å². The summed E-state index contributed by atoms with van der Waals surface area (Å²) in [6.07, 6.45) is 1.71. The van der Waals surface area contributed by atoms with Crippen molar-refractivity contribution in [1.29, 1.82) is 0 Å². The van der Waals surface area contributed by atoms with Gasteiger partial charge in [-0.3, -0.25) is 4.79 Å². The van der Waals surface area contributed by atoms with Gasteiger partial charge in [-0.15, -0.1) is 0 Å². The normalized spacial score (nSPS) is 14.4. The highest BCUT2D eigenvalue weighted by Gasteiger charge is 2.20. The molecule has 0 spiro atoms. The molecule has 31 heavy (non-hydrogen) atoms. The van der Waals surface area contributed by atoms with E-state index in [1.165, 1.54) is 0 Å². The van der Waals surface area contributed by atoms with Crippen LogP contribution in [0, 0.1) is 0 Å². The summed E-state index contributed by atoms with van der Waals surface area (Å²) in [5.74, 6) is 1.93. The van der Waals surface area contributed by atoms with Crippen LogP contribution in [-0.4, -0.2) is 54.2 Å². The number of ether oxygens (including phenoxy) is 1. The van der Waals surface area contributed by atoms with Crippen LogP contribution in [0.3, 0.4) is 0 Å². The third kappa shape index (κ3) is 5.35. The molecule has 0 radical (unpaired) electrons. The number of amides is 1. The lowest BCUT2D eigenvalue weighted by molar-refractivity contribution is -0.131. The van der Waals surface area contributed by atoms with E-state index in [4.69, 9.17) is 20.9 Å². The van der Waals surface area contributed by atoms with Crippen LogP contribution in [0.2, 0.25) is 5.02 Å². The van der Waals surface area contributed by atoms with Gasteiger partial charge in [0.05, 0.1) is 7.11 Å². The maximum absolute atomic E-state index is 12.8. The first-order valence-corrected chi connectivity index (χ1v) is 10.8. The van der Waals surface area contributed by atoms with Gasteiger partial charge in [-0.2, -0.15) is 4.98 Å². The lowest BCUT2D eigenvalue weighted by Gasteiger charge is -2.24. The molecule has 0 N–H and O–H groups in total. The molecule has 1 saturated heterocycles. The van der Waals surface area contributed by atoms with Gasteiger partial charge in [0.2, 0.25) is 17.6 Å². The van der Waals surface area contributed by atoms with Gasteiger partial charge in [-0.05, 0) is 55.0 Å². The van der Waals surface area contributed by atoms with E-state index in [0.717, 1.165) is 43.1 Å². The molecule has 1 aliphatic heterocycles. The van der Waals surface area contributed by atoms with Crippen molar-refractivity contribution in [1.82, 2.24) is 15.0 Å². The molecule has 0 aliphatic carbocycles. The van der Waals surface area contributed by atoms with E-state index in [2.05, 4.69) is 27.2 Å². The number of nitrogens with zero attached hydrogens (tertiary/aromatic N) is 4. The highest BCUT2D eigenvalue weighted by Crippen LogP contribution is 2.21. The number of rotatable bonds is 6. The fourth-order valence-electron chi connectivity index (χ4n) is 3.66. The van der Waals surface area contributed by atoms with Gasteiger partial charge in [0.1, 0.15) is 5.75 Å². The van der Waals surface area contributed by atoms with Crippen LogP contribution >= 0.6 is 11.6 Å². The minimum Gasteiger partial charge on any atom is -0.497 e. The third-order valence-electron chi connectivity index (χ3n) is 5.41. The topological polar surface area (TPSA) is 71.7 Å².